The van der Waals surface area contributed by atoms with E-state index < -0.39 is 0 Å². The standard InChI is InChI=1S/C21H38N4O3.HI/c1-4-6-18(9-12-26)15-23-21(22-5-2)24-16-19(20-8-7-17(3)28-20)25-10-13-27-14-11-25;/h7-8,18-19,26H,4-6,9-16H2,1-3H3,(H2,22,23,24);1H. The highest BCUT2D eigenvalue weighted by Crippen LogP contribution is 2.23. The fourth-order valence-electron chi connectivity index (χ4n) is 3.60. The van der Waals surface area contributed by atoms with Crippen molar-refractivity contribution in [3.63, 3.8) is 0 Å². The van der Waals surface area contributed by atoms with Gasteiger partial charge in [-0.25, -0.2) is 0 Å². The monoisotopic (exact) mass is 522 g/mol. The normalized spacial score (nSPS) is 17.4. The molecule has 1 aromatic heterocycles. The lowest BCUT2D eigenvalue weighted by atomic mass is 10.0. The summed E-state index contributed by atoms with van der Waals surface area (Å²) in [5, 5.41) is 16.1. The number of aliphatic hydroxyl groups excluding tert-OH is 1. The van der Waals surface area contributed by atoms with Crippen LogP contribution < -0.4 is 10.6 Å². The molecule has 0 spiro atoms. The number of hydrogen-bond acceptors (Lipinski definition) is 5. The van der Waals surface area contributed by atoms with Crippen molar-refractivity contribution >= 4 is 29.9 Å². The SMILES string of the molecule is CCCC(CCO)CN=C(NCC)NCC(c1ccc(C)o1)N1CCOCC1.I. The molecule has 29 heavy (non-hydrogen) atoms. The van der Waals surface area contributed by atoms with Crippen molar-refractivity contribution in [2.75, 3.05) is 52.5 Å². The molecule has 168 valence electrons. The third-order valence-corrected chi connectivity index (χ3v) is 5.12. The highest BCUT2D eigenvalue weighted by atomic mass is 127. The fraction of sp³-hybridized carbons (Fsp3) is 0.762. The van der Waals surface area contributed by atoms with Crippen LogP contribution in [-0.4, -0.2) is 68.5 Å². The van der Waals surface area contributed by atoms with Crippen molar-refractivity contribution < 1.29 is 14.3 Å². The highest BCUT2D eigenvalue weighted by molar-refractivity contribution is 14.0. The van der Waals surface area contributed by atoms with Gasteiger partial charge in [0.2, 0.25) is 0 Å². The second kappa shape index (κ2) is 15.0. The number of aliphatic hydroxyl groups is 1. The van der Waals surface area contributed by atoms with Crippen molar-refractivity contribution in [2.24, 2.45) is 10.9 Å². The Labute approximate surface area is 192 Å². The number of nitrogens with one attached hydrogen (secondary N) is 2. The van der Waals surface area contributed by atoms with Gasteiger partial charge in [0.1, 0.15) is 11.5 Å². The Morgan fingerprint density at radius 2 is 1.97 bits per heavy atom. The number of aliphatic imine (C=N–C) groups is 1. The molecule has 1 saturated heterocycles. The van der Waals surface area contributed by atoms with Crippen molar-refractivity contribution in [3.05, 3.63) is 23.7 Å². The molecule has 3 N–H and O–H groups in total. The third kappa shape index (κ3) is 9.23. The van der Waals surface area contributed by atoms with E-state index in [0.29, 0.717) is 5.92 Å². The Kier molecular flexibility index (Phi) is 13.6. The zero-order valence-electron chi connectivity index (χ0n) is 18.2. The van der Waals surface area contributed by atoms with Crippen LogP contribution in [0.4, 0.5) is 0 Å². The summed E-state index contributed by atoms with van der Waals surface area (Å²) in [6.45, 7) is 12.0. The average Bonchev–Trinajstić information content (AvgIpc) is 3.13. The van der Waals surface area contributed by atoms with Gasteiger partial charge >= 0.3 is 0 Å². The third-order valence-electron chi connectivity index (χ3n) is 5.12. The van der Waals surface area contributed by atoms with Crippen molar-refractivity contribution in [1.82, 2.24) is 15.5 Å². The minimum atomic E-state index is 0. The number of aryl methyl sites for hydroxylation is 1. The number of guanidine groups is 1. The molecule has 0 radical (unpaired) electrons. The molecule has 2 rings (SSSR count). The Balaban J connectivity index is 0.00000420. The zero-order chi connectivity index (χ0) is 20.2. The van der Waals surface area contributed by atoms with Gasteiger partial charge in [-0.3, -0.25) is 9.89 Å². The molecule has 0 saturated carbocycles. The highest BCUT2D eigenvalue weighted by Gasteiger charge is 2.25. The molecule has 0 aromatic carbocycles. The van der Waals surface area contributed by atoms with Gasteiger partial charge < -0.3 is 24.9 Å². The van der Waals surface area contributed by atoms with Gasteiger partial charge in [0.25, 0.3) is 0 Å². The zero-order valence-corrected chi connectivity index (χ0v) is 20.5. The minimum Gasteiger partial charge on any atom is -0.465 e. The summed E-state index contributed by atoms with van der Waals surface area (Å²) in [5.74, 6) is 3.16. The van der Waals surface area contributed by atoms with Gasteiger partial charge in [0.15, 0.2) is 5.96 Å². The number of halogens is 1. The number of nitrogens with zero attached hydrogens (tertiary/aromatic N) is 2. The number of morpholine rings is 1. The first-order valence-electron chi connectivity index (χ1n) is 10.7. The van der Waals surface area contributed by atoms with E-state index in [1.807, 2.05) is 13.0 Å². The Hall–Kier alpha value is -0.840. The maximum absolute atomic E-state index is 9.27. The molecular formula is C21H39IN4O3. The summed E-state index contributed by atoms with van der Waals surface area (Å²) in [4.78, 5) is 7.18. The van der Waals surface area contributed by atoms with Crippen LogP contribution in [0.25, 0.3) is 0 Å². The first-order valence-corrected chi connectivity index (χ1v) is 10.7. The summed E-state index contributed by atoms with van der Waals surface area (Å²) in [6, 6.07) is 4.23. The van der Waals surface area contributed by atoms with Crippen LogP contribution in [0.15, 0.2) is 21.5 Å². The van der Waals surface area contributed by atoms with Gasteiger partial charge in [-0.1, -0.05) is 13.3 Å². The van der Waals surface area contributed by atoms with E-state index in [9.17, 15) is 5.11 Å². The smallest absolute Gasteiger partial charge is 0.191 e. The molecule has 8 heteroatoms. The number of furan rings is 1. The quantitative estimate of drug-likeness (QED) is 0.236. The molecule has 1 aromatic rings. The molecule has 0 aliphatic carbocycles. The first-order chi connectivity index (χ1) is 13.7. The maximum atomic E-state index is 9.27. The lowest BCUT2D eigenvalue weighted by Crippen LogP contribution is -2.46. The summed E-state index contributed by atoms with van der Waals surface area (Å²) in [5.41, 5.74) is 0. The van der Waals surface area contributed by atoms with Crippen molar-refractivity contribution in [2.45, 2.75) is 46.1 Å². The predicted octanol–water partition coefficient (Wildman–Crippen LogP) is 2.93. The maximum Gasteiger partial charge on any atom is 0.191 e. The topological polar surface area (TPSA) is 82.3 Å². The van der Waals surface area contributed by atoms with Crippen LogP contribution in [0.3, 0.4) is 0 Å². The van der Waals surface area contributed by atoms with E-state index in [1.54, 1.807) is 0 Å². The summed E-state index contributed by atoms with van der Waals surface area (Å²) >= 11 is 0. The van der Waals surface area contributed by atoms with Gasteiger partial charge in [-0.2, -0.15) is 0 Å². The van der Waals surface area contributed by atoms with Crippen molar-refractivity contribution in [1.29, 1.82) is 0 Å². The largest absolute Gasteiger partial charge is 0.465 e. The van der Waals surface area contributed by atoms with Crippen LogP contribution in [0.2, 0.25) is 0 Å². The van der Waals surface area contributed by atoms with Gasteiger partial charge in [0.05, 0.1) is 19.3 Å². The van der Waals surface area contributed by atoms with E-state index in [2.05, 4.69) is 35.4 Å². The molecule has 2 atom stereocenters. The van der Waals surface area contributed by atoms with Crippen LogP contribution in [0.5, 0.6) is 0 Å². The predicted molar refractivity (Wildman–Crippen MR) is 128 cm³/mol. The summed E-state index contributed by atoms with van der Waals surface area (Å²) < 4.78 is 11.5. The van der Waals surface area contributed by atoms with Gasteiger partial charge in [0, 0.05) is 39.3 Å². The van der Waals surface area contributed by atoms with E-state index in [-0.39, 0.29) is 36.6 Å². The second-order valence-electron chi connectivity index (χ2n) is 7.38. The number of hydrogen-bond donors (Lipinski definition) is 3. The van der Waals surface area contributed by atoms with Crippen molar-refractivity contribution in [3.8, 4) is 0 Å². The Morgan fingerprint density at radius 1 is 1.21 bits per heavy atom. The molecule has 1 aliphatic heterocycles. The molecule has 2 heterocycles. The van der Waals surface area contributed by atoms with Crippen LogP contribution in [0, 0.1) is 12.8 Å². The number of ether oxygens (including phenoxy) is 1. The Morgan fingerprint density at radius 3 is 2.55 bits per heavy atom. The molecule has 1 aliphatic rings. The molecule has 2 unspecified atom stereocenters. The lowest BCUT2D eigenvalue weighted by Gasteiger charge is -2.33. The molecule has 0 amide bonds. The first kappa shape index (κ1) is 26.2. The fourth-order valence-corrected chi connectivity index (χ4v) is 3.60. The molecular weight excluding hydrogens is 483 g/mol. The van der Waals surface area contributed by atoms with Crippen LogP contribution >= 0.6 is 24.0 Å². The van der Waals surface area contributed by atoms with Crippen LogP contribution in [0.1, 0.15) is 50.7 Å². The second-order valence-corrected chi connectivity index (χ2v) is 7.38. The van der Waals surface area contributed by atoms with E-state index >= 15 is 0 Å². The summed E-state index contributed by atoms with van der Waals surface area (Å²) in [6.07, 6.45) is 3.01. The Bertz CT molecular complexity index is 570. The number of rotatable bonds is 11. The van der Waals surface area contributed by atoms with Gasteiger partial charge in [-0.15, -0.1) is 24.0 Å². The van der Waals surface area contributed by atoms with E-state index in [1.165, 1.54) is 0 Å². The summed E-state index contributed by atoms with van der Waals surface area (Å²) in [7, 11) is 0. The van der Waals surface area contributed by atoms with Crippen LogP contribution in [-0.2, 0) is 4.74 Å². The molecule has 0 bridgehead atoms. The van der Waals surface area contributed by atoms with Gasteiger partial charge in [-0.05, 0) is 44.7 Å². The average molecular weight is 522 g/mol. The molecule has 1 fully saturated rings. The molecule has 7 nitrogen and oxygen atoms in total. The van der Waals surface area contributed by atoms with E-state index in [4.69, 9.17) is 14.1 Å². The van der Waals surface area contributed by atoms with E-state index in [0.717, 1.165) is 82.7 Å². The minimum absolute atomic E-state index is 0. The lowest BCUT2D eigenvalue weighted by molar-refractivity contribution is 0.0124.